The van der Waals surface area contributed by atoms with Crippen molar-refractivity contribution in [1.82, 2.24) is 5.32 Å². The molecule has 0 fully saturated rings. The lowest BCUT2D eigenvalue weighted by molar-refractivity contribution is 0.472. The highest BCUT2D eigenvalue weighted by molar-refractivity contribution is 6.06. The van der Waals surface area contributed by atoms with Gasteiger partial charge in [-0.15, -0.1) is 0 Å². The van der Waals surface area contributed by atoms with E-state index in [0.717, 1.165) is 31.3 Å². The molecule has 0 aromatic heterocycles. The SMILES string of the molecule is CCC1c2cccc3c2-c2c(cc(O)c4cccc(c24)CNC3)C1CC. The van der Waals surface area contributed by atoms with Crippen LogP contribution in [-0.4, -0.2) is 5.11 Å². The highest BCUT2D eigenvalue weighted by Crippen LogP contribution is 2.55. The van der Waals surface area contributed by atoms with Crippen molar-refractivity contribution >= 4 is 10.8 Å². The summed E-state index contributed by atoms with van der Waals surface area (Å²) in [6, 6.07) is 15.2. The van der Waals surface area contributed by atoms with Crippen LogP contribution in [0.4, 0.5) is 0 Å². The molecule has 0 radical (unpaired) electrons. The van der Waals surface area contributed by atoms with Gasteiger partial charge in [0.2, 0.25) is 0 Å². The van der Waals surface area contributed by atoms with Crippen LogP contribution in [0.5, 0.6) is 5.75 Å². The number of hydrogen-bond acceptors (Lipinski definition) is 2. The molecule has 2 aliphatic rings. The Bertz CT molecular complexity index is 1020. The number of rotatable bonds is 2. The van der Waals surface area contributed by atoms with Crippen LogP contribution in [0.25, 0.3) is 21.9 Å². The summed E-state index contributed by atoms with van der Waals surface area (Å²) in [4.78, 5) is 0. The molecule has 132 valence electrons. The standard InChI is InChI=1S/C24H25NO/c1-3-16-17(4-2)20-11-21(26)19-10-6-8-15-13-25-12-14-7-5-9-18(16)22(14)24(20)23(15)19/h5-11,16-17,25-26H,3-4,12-13H2,1-2H3. The third kappa shape index (κ3) is 2.02. The van der Waals surface area contributed by atoms with E-state index in [1.54, 1.807) is 0 Å². The number of phenolic OH excluding ortho intramolecular Hbond substituents is 1. The van der Waals surface area contributed by atoms with Gasteiger partial charge >= 0.3 is 0 Å². The first-order valence-corrected chi connectivity index (χ1v) is 9.84. The number of nitrogens with one attached hydrogen (secondary N) is 1. The van der Waals surface area contributed by atoms with E-state index in [2.05, 4.69) is 61.6 Å². The molecular weight excluding hydrogens is 318 g/mol. The van der Waals surface area contributed by atoms with Gasteiger partial charge in [0.15, 0.2) is 0 Å². The van der Waals surface area contributed by atoms with Crippen molar-refractivity contribution in [3.63, 3.8) is 0 Å². The monoisotopic (exact) mass is 343 g/mol. The number of benzene rings is 3. The molecule has 2 atom stereocenters. The Morgan fingerprint density at radius 1 is 0.885 bits per heavy atom. The zero-order chi connectivity index (χ0) is 17.8. The molecule has 26 heavy (non-hydrogen) atoms. The van der Waals surface area contributed by atoms with Crippen LogP contribution in [0.15, 0.2) is 42.5 Å². The van der Waals surface area contributed by atoms with Gasteiger partial charge < -0.3 is 10.4 Å². The molecular formula is C24H25NO. The average Bonchev–Trinajstić information content (AvgIpc) is 2.65. The summed E-state index contributed by atoms with van der Waals surface area (Å²) in [7, 11) is 0. The highest BCUT2D eigenvalue weighted by Gasteiger charge is 2.35. The maximum atomic E-state index is 10.8. The summed E-state index contributed by atoms with van der Waals surface area (Å²) < 4.78 is 0. The quantitative estimate of drug-likeness (QED) is 0.615. The molecule has 5 rings (SSSR count). The second-order valence-electron chi connectivity index (χ2n) is 7.71. The Kier molecular flexibility index (Phi) is 3.58. The van der Waals surface area contributed by atoms with Crippen molar-refractivity contribution in [3.8, 4) is 16.9 Å². The Morgan fingerprint density at radius 3 is 2.38 bits per heavy atom. The first-order chi connectivity index (χ1) is 12.7. The van der Waals surface area contributed by atoms with Crippen molar-refractivity contribution in [2.45, 2.75) is 51.6 Å². The number of hydrogen-bond donors (Lipinski definition) is 2. The Hall–Kier alpha value is -2.32. The molecule has 0 bridgehead atoms. The molecule has 1 aliphatic heterocycles. The first kappa shape index (κ1) is 15.9. The van der Waals surface area contributed by atoms with Gasteiger partial charge in [-0.1, -0.05) is 50.2 Å². The smallest absolute Gasteiger partial charge is 0.123 e. The summed E-state index contributed by atoms with van der Waals surface area (Å²) in [5, 5.41) is 16.7. The molecule has 0 saturated heterocycles. The third-order valence-corrected chi connectivity index (χ3v) is 6.49. The molecule has 3 aromatic carbocycles. The second kappa shape index (κ2) is 5.85. The van der Waals surface area contributed by atoms with E-state index in [1.165, 1.54) is 38.8 Å². The number of phenols is 1. The van der Waals surface area contributed by atoms with Gasteiger partial charge in [-0.05, 0) is 69.5 Å². The van der Waals surface area contributed by atoms with Crippen LogP contribution in [0.2, 0.25) is 0 Å². The third-order valence-electron chi connectivity index (χ3n) is 6.49. The van der Waals surface area contributed by atoms with Gasteiger partial charge in [0, 0.05) is 18.5 Å². The maximum absolute atomic E-state index is 10.8. The van der Waals surface area contributed by atoms with E-state index < -0.39 is 0 Å². The van der Waals surface area contributed by atoms with Crippen molar-refractivity contribution < 1.29 is 5.11 Å². The van der Waals surface area contributed by atoms with Crippen molar-refractivity contribution in [2.75, 3.05) is 0 Å². The lowest BCUT2D eigenvalue weighted by Crippen LogP contribution is -2.22. The van der Waals surface area contributed by atoms with E-state index in [-0.39, 0.29) is 0 Å². The summed E-state index contributed by atoms with van der Waals surface area (Å²) >= 11 is 0. The van der Waals surface area contributed by atoms with Crippen LogP contribution in [-0.2, 0) is 13.1 Å². The van der Waals surface area contributed by atoms with Gasteiger partial charge in [-0.2, -0.15) is 0 Å². The molecule has 2 heteroatoms. The summed E-state index contributed by atoms with van der Waals surface area (Å²) in [6.07, 6.45) is 2.23. The van der Waals surface area contributed by atoms with E-state index >= 15 is 0 Å². The lowest BCUT2D eigenvalue weighted by atomic mass is 9.67. The van der Waals surface area contributed by atoms with E-state index in [0.29, 0.717) is 17.6 Å². The predicted octanol–water partition coefficient (Wildman–Crippen LogP) is 5.82. The fourth-order valence-corrected chi connectivity index (χ4v) is 5.41. The molecule has 3 aromatic rings. The molecule has 2 N–H and O–H groups in total. The number of aromatic hydroxyl groups is 1. The van der Waals surface area contributed by atoms with Crippen LogP contribution < -0.4 is 5.32 Å². The van der Waals surface area contributed by atoms with Crippen molar-refractivity contribution in [1.29, 1.82) is 0 Å². The summed E-state index contributed by atoms with van der Waals surface area (Å²) in [6.45, 7) is 6.31. The minimum Gasteiger partial charge on any atom is -0.507 e. The average molecular weight is 343 g/mol. The topological polar surface area (TPSA) is 32.3 Å². The Morgan fingerprint density at radius 2 is 1.58 bits per heavy atom. The molecule has 0 saturated carbocycles. The van der Waals surface area contributed by atoms with Crippen LogP contribution in [0.3, 0.4) is 0 Å². The zero-order valence-corrected chi connectivity index (χ0v) is 15.5. The van der Waals surface area contributed by atoms with E-state index in [4.69, 9.17) is 0 Å². The van der Waals surface area contributed by atoms with Crippen LogP contribution >= 0.6 is 0 Å². The minimum atomic E-state index is 0.426. The fraction of sp³-hybridized carbons (Fsp3) is 0.333. The van der Waals surface area contributed by atoms with Crippen molar-refractivity contribution in [3.05, 3.63) is 64.7 Å². The van der Waals surface area contributed by atoms with Crippen molar-refractivity contribution in [2.24, 2.45) is 0 Å². The summed E-state index contributed by atoms with van der Waals surface area (Å²) in [5.74, 6) is 1.41. The fourth-order valence-electron chi connectivity index (χ4n) is 5.41. The molecule has 2 unspecified atom stereocenters. The molecule has 1 aliphatic carbocycles. The highest BCUT2D eigenvalue weighted by atomic mass is 16.3. The predicted molar refractivity (Wildman–Crippen MR) is 108 cm³/mol. The minimum absolute atomic E-state index is 0.426. The Balaban J connectivity index is 2.01. The maximum Gasteiger partial charge on any atom is 0.123 e. The van der Waals surface area contributed by atoms with Gasteiger partial charge in [0.25, 0.3) is 0 Å². The van der Waals surface area contributed by atoms with E-state index in [1.807, 2.05) is 0 Å². The van der Waals surface area contributed by atoms with E-state index in [9.17, 15) is 5.11 Å². The van der Waals surface area contributed by atoms with Crippen LogP contribution in [0.1, 0.15) is 60.8 Å². The molecule has 0 amide bonds. The van der Waals surface area contributed by atoms with Gasteiger partial charge in [-0.25, -0.2) is 0 Å². The zero-order valence-electron chi connectivity index (χ0n) is 15.5. The normalized spacial score (nSPS) is 20.7. The first-order valence-electron chi connectivity index (χ1n) is 9.84. The van der Waals surface area contributed by atoms with Gasteiger partial charge in [0.05, 0.1) is 0 Å². The molecule has 0 spiro atoms. The van der Waals surface area contributed by atoms with Gasteiger partial charge in [-0.3, -0.25) is 0 Å². The molecule has 2 nitrogen and oxygen atoms in total. The second-order valence-corrected chi connectivity index (χ2v) is 7.71. The van der Waals surface area contributed by atoms with Gasteiger partial charge in [0.1, 0.15) is 5.75 Å². The molecule has 1 heterocycles. The Labute approximate surface area is 154 Å². The lowest BCUT2D eigenvalue weighted by Gasteiger charge is -2.38. The largest absolute Gasteiger partial charge is 0.507 e. The summed E-state index contributed by atoms with van der Waals surface area (Å²) in [5.41, 5.74) is 8.33. The van der Waals surface area contributed by atoms with Crippen LogP contribution in [0, 0.1) is 0 Å².